The van der Waals surface area contributed by atoms with Crippen molar-refractivity contribution in [3.05, 3.63) is 59.9 Å². The Morgan fingerprint density at radius 1 is 1.24 bits per heavy atom. The normalized spacial score (nSPS) is 14.0. The summed E-state index contributed by atoms with van der Waals surface area (Å²) in [7, 11) is 0. The molecule has 4 nitrogen and oxygen atoms in total. The van der Waals surface area contributed by atoms with Crippen LogP contribution in [0.25, 0.3) is 0 Å². The maximum atomic E-state index is 12.8. The summed E-state index contributed by atoms with van der Waals surface area (Å²) >= 11 is 0. The van der Waals surface area contributed by atoms with Crippen LogP contribution in [0.5, 0.6) is 0 Å². The second kappa shape index (κ2) is 6.06. The van der Waals surface area contributed by atoms with Crippen LogP contribution in [0, 0.1) is 5.92 Å². The fourth-order valence-electron chi connectivity index (χ4n) is 2.35. The SMILES string of the molecule is NCc1cc(C(=O)N(CC2CC2)c2ccccc2)ccn1. The first-order valence-electron chi connectivity index (χ1n) is 7.30. The third kappa shape index (κ3) is 3.28. The van der Waals surface area contributed by atoms with Crippen molar-refractivity contribution in [1.82, 2.24) is 4.98 Å². The summed E-state index contributed by atoms with van der Waals surface area (Å²) in [6.07, 6.45) is 4.07. The molecule has 108 valence electrons. The van der Waals surface area contributed by atoms with E-state index in [0.29, 0.717) is 18.0 Å². The van der Waals surface area contributed by atoms with Gasteiger partial charge in [0.25, 0.3) is 5.91 Å². The van der Waals surface area contributed by atoms with E-state index in [-0.39, 0.29) is 5.91 Å². The minimum absolute atomic E-state index is 0.0187. The number of anilines is 1. The van der Waals surface area contributed by atoms with Gasteiger partial charge in [-0.3, -0.25) is 9.78 Å². The lowest BCUT2D eigenvalue weighted by molar-refractivity contribution is 0.0985. The van der Waals surface area contributed by atoms with Crippen LogP contribution in [0.15, 0.2) is 48.7 Å². The highest BCUT2D eigenvalue weighted by atomic mass is 16.2. The summed E-state index contributed by atoms with van der Waals surface area (Å²) in [5.41, 5.74) is 7.94. The molecule has 0 radical (unpaired) electrons. The fraction of sp³-hybridized carbons (Fsp3) is 0.294. The van der Waals surface area contributed by atoms with Gasteiger partial charge >= 0.3 is 0 Å². The third-order valence-corrected chi connectivity index (χ3v) is 3.72. The summed E-state index contributed by atoms with van der Waals surface area (Å²) in [5, 5.41) is 0. The molecule has 1 aromatic carbocycles. The molecular formula is C17H19N3O. The van der Waals surface area contributed by atoms with Gasteiger partial charge in [-0.1, -0.05) is 18.2 Å². The Bertz CT molecular complexity index is 623. The number of carbonyl (C=O) groups is 1. The fourth-order valence-corrected chi connectivity index (χ4v) is 2.35. The second-order valence-corrected chi connectivity index (χ2v) is 5.43. The van der Waals surface area contributed by atoms with E-state index in [1.165, 1.54) is 12.8 Å². The maximum absolute atomic E-state index is 12.8. The first kappa shape index (κ1) is 13.8. The van der Waals surface area contributed by atoms with E-state index in [4.69, 9.17) is 5.73 Å². The quantitative estimate of drug-likeness (QED) is 0.916. The molecule has 1 heterocycles. The molecule has 0 aliphatic heterocycles. The van der Waals surface area contributed by atoms with E-state index in [2.05, 4.69) is 4.98 Å². The number of hydrogen-bond acceptors (Lipinski definition) is 3. The number of hydrogen-bond donors (Lipinski definition) is 1. The molecule has 1 aromatic heterocycles. The predicted molar refractivity (Wildman–Crippen MR) is 83.0 cm³/mol. The standard InChI is InChI=1S/C17H19N3O/c18-11-15-10-14(8-9-19-15)17(21)20(12-13-6-7-13)16-4-2-1-3-5-16/h1-5,8-10,13H,6-7,11-12,18H2. The van der Waals surface area contributed by atoms with Crippen LogP contribution in [0.3, 0.4) is 0 Å². The van der Waals surface area contributed by atoms with Gasteiger partial charge in [-0.15, -0.1) is 0 Å². The third-order valence-electron chi connectivity index (χ3n) is 3.72. The van der Waals surface area contributed by atoms with Gasteiger partial charge in [0.1, 0.15) is 0 Å². The lowest BCUT2D eigenvalue weighted by atomic mass is 10.1. The molecular weight excluding hydrogens is 262 g/mol. The summed E-state index contributed by atoms with van der Waals surface area (Å²) in [6, 6.07) is 13.4. The number of rotatable bonds is 5. The first-order chi connectivity index (χ1) is 10.3. The molecule has 1 amide bonds. The van der Waals surface area contributed by atoms with Crippen LogP contribution >= 0.6 is 0 Å². The minimum Gasteiger partial charge on any atom is -0.325 e. The zero-order valence-corrected chi connectivity index (χ0v) is 11.9. The van der Waals surface area contributed by atoms with Gasteiger partial charge in [-0.2, -0.15) is 0 Å². The van der Waals surface area contributed by atoms with E-state index < -0.39 is 0 Å². The van der Waals surface area contributed by atoms with E-state index in [1.807, 2.05) is 35.2 Å². The average Bonchev–Trinajstić information content (AvgIpc) is 3.37. The highest BCUT2D eigenvalue weighted by Gasteiger charge is 2.28. The molecule has 4 heteroatoms. The zero-order valence-electron chi connectivity index (χ0n) is 11.9. The number of para-hydroxylation sites is 1. The van der Waals surface area contributed by atoms with Crippen molar-refractivity contribution in [2.45, 2.75) is 19.4 Å². The lowest BCUT2D eigenvalue weighted by Gasteiger charge is -2.23. The molecule has 0 saturated heterocycles. The maximum Gasteiger partial charge on any atom is 0.258 e. The number of carbonyl (C=O) groups excluding carboxylic acids is 1. The van der Waals surface area contributed by atoms with Crippen molar-refractivity contribution in [2.75, 3.05) is 11.4 Å². The largest absolute Gasteiger partial charge is 0.325 e. The van der Waals surface area contributed by atoms with Gasteiger partial charge in [0.2, 0.25) is 0 Å². The van der Waals surface area contributed by atoms with Crippen molar-refractivity contribution in [3.8, 4) is 0 Å². The molecule has 21 heavy (non-hydrogen) atoms. The van der Waals surface area contributed by atoms with Crippen LogP contribution in [0.1, 0.15) is 28.9 Å². The van der Waals surface area contributed by atoms with Crippen molar-refractivity contribution in [1.29, 1.82) is 0 Å². The molecule has 1 aliphatic carbocycles. The van der Waals surface area contributed by atoms with Crippen molar-refractivity contribution in [2.24, 2.45) is 11.7 Å². The Morgan fingerprint density at radius 3 is 2.67 bits per heavy atom. The van der Waals surface area contributed by atoms with E-state index >= 15 is 0 Å². The highest BCUT2D eigenvalue weighted by molar-refractivity contribution is 6.06. The van der Waals surface area contributed by atoms with Crippen LogP contribution < -0.4 is 10.6 Å². The van der Waals surface area contributed by atoms with Gasteiger partial charge in [-0.05, 0) is 43.0 Å². The van der Waals surface area contributed by atoms with Gasteiger partial charge in [-0.25, -0.2) is 0 Å². The molecule has 2 N–H and O–H groups in total. The molecule has 1 fully saturated rings. The molecule has 0 bridgehead atoms. The smallest absolute Gasteiger partial charge is 0.258 e. The van der Waals surface area contributed by atoms with E-state index in [0.717, 1.165) is 17.9 Å². The van der Waals surface area contributed by atoms with E-state index in [1.54, 1.807) is 18.3 Å². The molecule has 3 rings (SSSR count). The molecule has 1 saturated carbocycles. The first-order valence-corrected chi connectivity index (χ1v) is 7.30. The summed E-state index contributed by atoms with van der Waals surface area (Å²) < 4.78 is 0. The Morgan fingerprint density at radius 2 is 2.00 bits per heavy atom. The van der Waals surface area contributed by atoms with E-state index in [9.17, 15) is 4.79 Å². The molecule has 2 aromatic rings. The molecule has 0 spiro atoms. The average molecular weight is 281 g/mol. The number of benzene rings is 1. The highest BCUT2D eigenvalue weighted by Crippen LogP contribution is 2.32. The Balaban J connectivity index is 1.89. The van der Waals surface area contributed by atoms with Crippen LogP contribution in [-0.4, -0.2) is 17.4 Å². The van der Waals surface area contributed by atoms with Crippen LogP contribution in [-0.2, 0) is 6.54 Å². The number of nitrogens with two attached hydrogens (primary N) is 1. The van der Waals surface area contributed by atoms with Crippen LogP contribution in [0.4, 0.5) is 5.69 Å². The summed E-state index contributed by atoms with van der Waals surface area (Å²) in [5.74, 6) is 0.648. The summed E-state index contributed by atoms with van der Waals surface area (Å²) in [6.45, 7) is 1.12. The van der Waals surface area contributed by atoms with Crippen molar-refractivity contribution < 1.29 is 4.79 Å². The van der Waals surface area contributed by atoms with Gasteiger partial charge < -0.3 is 10.6 Å². The zero-order chi connectivity index (χ0) is 14.7. The van der Waals surface area contributed by atoms with Gasteiger partial charge in [0.05, 0.1) is 5.69 Å². The Kier molecular flexibility index (Phi) is 3.97. The molecule has 0 atom stereocenters. The molecule has 0 unspecified atom stereocenters. The minimum atomic E-state index is 0.0187. The molecule has 1 aliphatic rings. The Hall–Kier alpha value is -2.20. The second-order valence-electron chi connectivity index (χ2n) is 5.43. The number of pyridine rings is 1. The van der Waals surface area contributed by atoms with Gasteiger partial charge in [0.15, 0.2) is 0 Å². The number of nitrogens with zero attached hydrogens (tertiary/aromatic N) is 2. The predicted octanol–water partition coefficient (Wildman–Crippen LogP) is 2.60. The Labute approximate surface area is 124 Å². The van der Waals surface area contributed by atoms with Crippen LogP contribution in [0.2, 0.25) is 0 Å². The number of amides is 1. The summed E-state index contributed by atoms with van der Waals surface area (Å²) in [4.78, 5) is 18.9. The topological polar surface area (TPSA) is 59.2 Å². The monoisotopic (exact) mass is 281 g/mol. The van der Waals surface area contributed by atoms with Crippen molar-refractivity contribution >= 4 is 11.6 Å². The number of aromatic nitrogens is 1. The van der Waals surface area contributed by atoms with Gasteiger partial charge in [0, 0.05) is 30.5 Å². The lowest BCUT2D eigenvalue weighted by Crippen LogP contribution is -2.33. The van der Waals surface area contributed by atoms with Crippen molar-refractivity contribution in [3.63, 3.8) is 0 Å².